The summed E-state index contributed by atoms with van der Waals surface area (Å²) in [4.78, 5) is 24.7. The van der Waals surface area contributed by atoms with Gasteiger partial charge in [0.05, 0.1) is 11.2 Å². The molecule has 5 nitrogen and oxygen atoms in total. The molecule has 66 heavy (non-hydrogen) atoms. The van der Waals surface area contributed by atoms with E-state index in [1.165, 1.54) is 11.1 Å². The first-order valence-corrected chi connectivity index (χ1v) is 22.1. The summed E-state index contributed by atoms with van der Waals surface area (Å²) in [6.07, 6.45) is 3.81. The Morgan fingerprint density at radius 2 is 0.652 bits per heavy atom. The van der Waals surface area contributed by atoms with Gasteiger partial charge in [-0.1, -0.05) is 194 Å². The van der Waals surface area contributed by atoms with Gasteiger partial charge in [-0.2, -0.15) is 0 Å². The van der Waals surface area contributed by atoms with Crippen LogP contribution in [0, 0.1) is 0 Å². The summed E-state index contributed by atoms with van der Waals surface area (Å²) in [5, 5.41) is 5.58. The molecule has 5 heteroatoms. The molecular weight excluding hydrogens is 803 g/mol. The van der Waals surface area contributed by atoms with Gasteiger partial charge in [0.1, 0.15) is 0 Å². The second-order valence-electron chi connectivity index (χ2n) is 16.5. The Hall–Kier alpha value is -8.93. The lowest BCUT2D eigenvalue weighted by molar-refractivity contribution is 1.07. The number of para-hydroxylation sites is 1. The molecule has 0 N–H and O–H groups in total. The van der Waals surface area contributed by atoms with E-state index in [1.807, 2.05) is 73.1 Å². The number of fused-ring (bicyclic) bond motifs is 4. The van der Waals surface area contributed by atoms with Gasteiger partial charge in [0.2, 0.25) is 0 Å². The van der Waals surface area contributed by atoms with E-state index >= 15 is 0 Å². The van der Waals surface area contributed by atoms with Crippen molar-refractivity contribution in [3.05, 3.63) is 237 Å². The van der Waals surface area contributed by atoms with Crippen molar-refractivity contribution in [1.82, 2.24) is 24.9 Å². The van der Waals surface area contributed by atoms with Crippen LogP contribution in [0.5, 0.6) is 0 Å². The van der Waals surface area contributed by atoms with Crippen LogP contribution in [0.25, 0.3) is 122 Å². The topological polar surface area (TPSA) is 64.5 Å². The van der Waals surface area contributed by atoms with Crippen LogP contribution in [0.4, 0.5) is 0 Å². The maximum Gasteiger partial charge on any atom is 0.164 e. The van der Waals surface area contributed by atoms with E-state index in [0.717, 1.165) is 93.8 Å². The van der Waals surface area contributed by atoms with E-state index in [0.29, 0.717) is 17.5 Å². The predicted octanol–water partition coefficient (Wildman–Crippen LogP) is 15.5. The van der Waals surface area contributed by atoms with Crippen LogP contribution in [0.15, 0.2) is 237 Å². The zero-order valence-electron chi connectivity index (χ0n) is 35.8. The third-order valence-electron chi connectivity index (χ3n) is 12.4. The van der Waals surface area contributed by atoms with Gasteiger partial charge in [-0.3, -0.25) is 4.98 Å². The van der Waals surface area contributed by atoms with Crippen LogP contribution in [-0.4, -0.2) is 24.9 Å². The molecule has 0 aliphatic carbocycles. The lowest BCUT2D eigenvalue weighted by atomic mass is 9.88. The van der Waals surface area contributed by atoms with Crippen LogP contribution in [0.1, 0.15) is 0 Å². The standard InChI is InChI=1S/C61H39N5/c1-4-14-40(15-5-1)41-24-26-42(27-25-41)47-36-48(43-28-30-46(31-29-43)61-65-59(44-16-6-2-7-17-44)64-60(66-61)45-18-8-3-9-19-45)38-49(37-47)50-32-33-55(52-21-11-10-20-51(50)52)58-56-39-62-35-34-53(56)54-22-12-13-23-57(54)63-58/h1-39H. The van der Waals surface area contributed by atoms with Crippen molar-refractivity contribution in [3.8, 4) is 89.9 Å². The van der Waals surface area contributed by atoms with E-state index in [1.54, 1.807) is 0 Å². The van der Waals surface area contributed by atoms with Gasteiger partial charge in [0, 0.05) is 45.4 Å². The van der Waals surface area contributed by atoms with Gasteiger partial charge >= 0.3 is 0 Å². The Labute approximate surface area is 382 Å². The second kappa shape index (κ2) is 16.6. The Morgan fingerprint density at radius 3 is 1.23 bits per heavy atom. The maximum absolute atomic E-state index is 5.28. The summed E-state index contributed by atoms with van der Waals surface area (Å²) in [6.45, 7) is 0. The molecule has 0 aliphatic heterocycles. The molecule has 0 bridgehead atoms. The van der Waals surface area contributed by atoms with Gasteiger partial charge in [-0.05, 0) is 91.0 Å². The minimum atomic E-state index is 0.623. The molecule has 12 aromatic rings. The molecule has 3 aromatic heterocycles. The maximum atomic E-state index is 5.28. The number of benzene rings is 9. The highest BCUT2D eigenvalue weighted by molar-refractivity contribution is 6.14. The zero-order chi connectivity index (χ0) is 43.8. The number of aromatic nitrogens is 5. The quantitative estimate of drug-likeness (QED) is 0.143. The summed E-state index contributed by atoms with van der Waals surface area (Å²) in [7, 11) is 0. The highest BCUT2D eigenvalue weighted by atomic mass is 15.0. The summed E-state index contributed by atoms with van der Waals surface area (Å²) in [5.41, 5.74) is 14.9. The Bertz CT molecular complexity index is 3660. The van der Waals surface area contributed by atoms with Crippen molar-refractivity contribution in [1.29, 1.82) is 0 Å². The first kappa shape index (κ1) is 38.7. The number of rotatable bonds is 8. The van der Waals surface area contributed by atoms with Gasteiger partial charge in [-0.25, -0.2) is 19.9 Å². The summed E-state index contributed by atoms with van der Waals surface area (Å²) in [6, 6.07) is 78.8. The van der Waals surface area contributed by atoms with E-state index in [2.05, 4.69) is 169 Å². The minimum absolute atomic E-state index is 0.623. The number of hydrogen-bond acceptors (Lipinski definition) is 5. The molecular formula is C61H39N5. The molecule has 0 aliphatic rings. The van der Waals surface area contributed by atoms with E-state index in [9.17, 15) is 0 Å². The Balaban J connectivity index is 0.995. The van der Waals surface area contributed by atoms with E-state index in [-0.39, 0.29) is 0 Å². The molecule has 308 valence electrons. The number of hydrogen-bond donors (Lipinski definition) is 0. The normalized spacial score (nSPS) is 11.3. The SMILES string of the molecule is c1ccc(-c2ccc(-c3cc(-c4ccc(-c5nc(-c6ccccc6)nc(-c6ccccc6)n5)cc4)cc(-c4ccc(-c5nc6ccccc6c6ccncc56)c5ccccc45)c3)cc2)cc1. The van der Waals surface area contributed by atoms with E-state index < -0.39 is 0 Å². The fourth-order valence-electron chi connectivity index (χ4n) is 9.11. The molecule has 0 radical (unpaired) electrons. The van der Waals surface area contributed by atoms with Crippen LogP contribution >= 0.6 is 0 Å². The number of pyridine rings is 2. The molecule has 12 rings (SSSR count). The second-order valence-corrected chi connectivity index (χ2v) is 16.5. The molecule has 0 atom stereocenters. The van der Waals surface area contributed by atoms with Gasteiger partial charge in [0.25, 0.3) is 0 Å². The molecule has 9 aromatic carbocycles. The molecule has 0 saturated carbocycles. The van der Waals surface area contributed by atoms with Crippen LogP contribution in [0.2, 0.25) is 0 Å². The van der Waals surface area contributed by atoms with Crippen molar-refractivity contribution < 1.29 is 0 Å². The van der Waals surface area contributed by atoms with Gasteiger partial charge < -0.3 is 0 Å². The highest BCUT2D eigenvalue weighted by Crippen LogP contribution is 2.42. The van der Waals surface area contributed by atoms with Crippen LogP contribution in [-0.2, 0) is 0 Å². The fraction of sp³-hybridized carbons (Fsp3) is 0. The predicted molar refractivity (Wildman–Crippen MR) is 271 cm³/mol. The fourth-order valence-corrected chi connectivity index (χ4v) is 9.11. The van der Waals surface area contributed by atoms with Gasteiger partial charge in [0.15, 0.2) is 17.5 Å². The average molecular weight is 842 g/mol. The largest absolute Gasteiger partial charge is 0.264 e. The average Bonchev–Trinajstić information content (AvgIpc) is 3.41. The van der Waals surface area contributed by atoms with E-state index in [4.69, 9.17) is 19.9 Å². The van der Waals surface area contributed by atoms with Crippen LogP contribution < -0.4 is 0 Å². The van der Waals surface area contributed by atoms with Crippen LogP contribution in [0.3, 0.4) is 0 Å². The van der Waals surface area contributed by atoms with Crippen molar-refractivity contribution in [2.24, 2.45) is 0 Å². The summed E-state index contributed by atoms with van der Waals surface area (Å²) in [5.74, 6) is 1.90. The van der Waals surface area contributed by atoms with Crippen molar-refractivity contribution in [2.45, 2.75) is 0 Å². The molecule has 0 spiro atoms. The molecule has 0 saturated heterocycles. The highest BCUT2D eigenvalue weighted by Gasteiger charge is 2.18. The number of nitrogens with zero attached hydrogens (tertiary/aromatic N) is 5. The van der Waals surface area contributed by atoms with Crippen molar-refractivity contribution in [2.75, 3.05) is 0 Å². The minimum Gasteiger partial charge on any atom is -0.264 e. The van der Waals surface area contributed by atoms with Crippen molar-refractivity contribution in [3.63, 3.8) is 0 Å². The third-order valence-corrected chi connectivity index (χ3v) is 12.4. The first-order chi connectivity index (χ1) is 32.7. The zero-order valence-corrected chi connectivity index (χ0v) is 35.8. The molecule has 0 unspecified atom stereocenters. The molecule has 0 amide bonds. The Morgan fingerprint density at radius 1 is 0.242 bits per heavy atom. The van der Waals surface area contributed by atoms with Crippen molar-refractivity contribution >= 4 is 32.4 Å². The monoisotopic (exact) mass is 841 g/mol. The van der Waals surface area contributed by atoms with Gasteiger partial charge in [-0.15, -0.1) is 0 Å². The lowest BCUT2D eigenvalue weighted by Gasteiger charge is -2.16. The lowest BCUT2D eigenvalue weighted by Crippen LogP contribution is -2.00. The molecule has 0 fully saturated rings. The first-order valence-electron chi connectivity index (χ1n) is 22.1. The molecule has 3 heterocycles. The smallest absolute Gasteiger partial charge is 0.164 e. The summed E-state index contributed by atoms with van der Waals surface area (Å²) < 4.78 is 0. The summed E-state index contributed by atoms with van der Waals surface area (Å²) >= 11 is 0. The Kier molecular flexibility index (Phi) is 9.77. The third kappa shape index (κ3) is 7.25.